The third-order valence-corrected chi connectivity index (χ3v) is 5.92. The van der Waals surface area contributed by atoms with E-state index in [2.05, 4.69) is 10.2 Å². The molecule has 0 aliphatic carbocycles. The fourth-order valence-corrected chi connectivity index (χ4v) is 4.29. The number of aromatic amines is 1. The van der Waals surface area contributed by atoms with Crippen molar-refractivity contribution in [2.75, 3.05) is 13.7 Å². The van der Waals surface area contributed by atoms with Gasteiger partial charge in [-0.3, -0.25) is 9.89 Å². The molecule has 160 valence electrons. The second-order valence-electron chi connectivity index (χ2n) is 7.82. The first-order chi connectivity index (χ1) is 15.7. The Bertz CT molecular complexity index is 1230. The Balaban J connectivity index is 1.52. The zero-order chi connectivity index (χ0) is 22.1. The van der Waals surface area contributed by atoms with E-state index in [-0.39, 0.29) is 17.7 Å². The van der Waals surface area contributed by atoms with Crippen LogP contribution in [0.2, 0.25) is 0 Å². The normalized spacial score (nSPS) is 15.1. The fraction of sp³-hybridized carbons (Fsp3) is 0.154. The predicted octanol–water partition coefficient (Wildman–Crippen LogP) is 4.58. The highest BCUT2D eigenvalue weighted by molar-refractivity contribution is 6.00. The largest absolute Gasteiger partial charge is 0.508 e. The van der Waals surface area contributed by atoms with Crippen LogP contribution in [0.25, 0.3) is 11.3 Å². The number of aromatic hydroxyl groups is 1. The number of rotatable bonds is 6. The molecule has 5 rings (SSSR count). The summed E-state index contributed by atoms with van der Waals surface area (Å²) < 4.78 is 5.24. The number of nitrogens with zero attached hydrogens (tertiary/aromatic N) is 2. The Morgan fingerprint density at radius 2 is 1.72 bits per heavy atom. The molecule has 1 aliphatic heterocycles. The molecule has 1 aliphatic rings. The number of benzene rings is 3. The summed E-state index contributed by atoms with van der Waals surface area (Å²) >= 11 is 0. The molecule has 0 spiro atoms. The van der Waals surface area contributed by atoms with Gasteiger partial charge in [0.05, 0.1) is 18.8 Å². The number of phenolic OH excluding ortho intramolecular Hbond substituents is 1. The maximum Gasteiger partial charge on any atom is 0.273 e. The average molecular weight is 425 g/mol. The van der Waals surface area contributed by atoms with Gasteiger partial charge in [0, 0.05) is 17.7 Å². The highest BCUT2D eigenvalue weighted by Crippen LogP contribution is 2.43. The topological polar surface area (TPSA) is 78.5 Å². The molecule has 6 nitrogen and oxygen atoms in total. The van der Waals surface area contributed by atoms with Crippen molar-refractivity contribution in [3.8, 4) is 22.8 Å². The lowest BCUT2D eigenvalue weighted by Crippen LogP contribution is -2.31. The summed E-state index contributed by atoms with van der Waals surface area (Å²) in [6.07, 6.45) is 0.711. The first-order valence-corrected chi connectivity index (χ1v) is 10.5. The highest BCUT2D eigenvalue weighted by Gasteiger charge is 2.41. The molecular formula is C26H23N3O3. The van der Waals surface area contributed by atoms with Gasteiger partial charge >= 0.3 is 0 Å². The van der Waals surface area contributed by atoms with Crippen LogP contribution in [0.4, 0.5) is 0 Å². The van der Waals surface area contributed by atoms with Gasteiger partial charge in [0.2, 0.25) is 0 Å². The van der Waals surface area contributed by atoms with E-state index in [1.165, 1.54) is 0 Å². The molecular weight excluding hydrogens is 402 g/mol. The standard InChI is InChI=1S/C26H23N3O3/c1-32-21-13-7-17(8-14-21)15-16-29-25(19-9-11-20(30)12-10-19)22-23(18-5-3-2-4-6-18)27-28-24(22)26(29)31/h2-14,25,30H,15-16H2,1H3,(H,27,28). The summed E-state index contributed by atoms with van der Waals surface area (Å²) in [5.74, 6) is 0.932. The zero-order valence-electron chi connectivity index (χ0n) is 17.7. The van der Waals surface area contributed by atoms with E-state index in [0.29, 0.717) is 18.7 Å². The van der Waals surface area contributed by atoms with Crippen LogP contribution in [-0.4, -0.2) is 39.8 Å². The van der Waals surface area contributed by atoms with E-state index in [0.717, 1.165) is 33.7 Å². The van der Waals surface area contributed by atoms with Crippen molar-refractivity contribution in [2.24, 2.45) is 0 Å². The van der Waals surface area contributed by atoms with Gasteiger partial charge < -0.3 is 14.7 Å². The Morgan fingerprint density at radius 1 is 1.00 bits per heavy atom. The van der Waals surface area contributed by atoms with Gasteiger partial charge in [0.1, 0.15) is 17.2 Å². The van der Waals surface area contributed by atoms with E-state index >= 15 is 0 Å². The zero-order valence-corrected chi connectivity index (χ0v) is 17.7. The van der Waals surface area contributed by atoms with Crippen molar-refractivity contribution in [1.29, 1.82) is 0 Å². The second-order valence-corrected chi connectivity index (χ2v) is 7.82. The summed E-state index contributed by atoms with van der Waals surface area (Å²) in [6, 6.07) is 24.5. The number of amides is 1. The molecule has 1 unspecified atom stereocenters. The average Bonchev–Trinajstić information content (AvgIpc) is 3.38. The lowest BCUT2D eigenvalue weighted by atomic mass is 9.96. The number of phenols is 1. The van der Waals surface area contributed by atoms with E-state index < -0.39 is 0 Å². The number of hydrogen-bond donors (Lipinski definition) is 2. The molecule has 0 saturated heterocycles. The monoisotopic (exact) mass is 425 g/mol. The van der Waals surface area contributed by atoms with Gasteiger partial charge in [0.15, 0.2) is 0 Å². The number of carbonyl (C=O) groups excluding carboxylic acids is 1. The molecule has 1 atom stereocenters. The third-order valence-electron chi connectivity index (χ3n) is 5.92. The molecule has 1 aromatic heterocycles. The van der Waals surface area contributed by atoms with Gasteiger partial charge in [-0.2, -0.15) is 5.10 Å². The molecule has 1 amide bonds. The van der Waals surface area contributed by atoms with Gasteiger partial charge in [-0.1, -0.05) is 54.6 Å². The minimum absolute atomic E-state index is 0.0683. The second kappa shape index (κ2) is 8.23. The molecule has 0 radical (unpaired) electrons. The van der Waals surface area contributed by atoms with Crippen LogP contribution in [0.3, 0.4) is 0 Å². The van der Waals surface area contributed by atoms with E-state index in [1.54, 1.807) is 19.2 Å². The highest BCUT2D eigenvalue weighted by atomic mass is 16.5. The Morgan fingerprint density at radius 3 is 2.41 bits per heavy atom. The van der Waals surface area contributed by atoms with Crippen molar-refractivity contribution in [3.63, 3.8) is 0 Å². The first-order valence-electron chi connectivity index (χ1n) is 10.5. The molecule has 32 heavy (non-hydrogen) atoms. The van der Waals surface area contributed by atoms with Crippen molar-refractivity contribution < 1.29 is 14.6 Å². The summed E-state index contributed by atoms with van der Waals surface area (Å²) in [5.41, 5.74) is 5.19. The van der Waals surface area contributed by atoms with Crippen molar-refractivity contribution >= 4 is 5.91 Å². The Hall–Kier alpha value is -4.06. The maximum absolute atomic E-state index is 13.4. The number of fused-ring (bicyclic) bond motifs is 1. The Kier molecular flexibility index (Phi) is 5.11. The van der Waals surface area contributed by atoms with Crippen LogP contribution >= 0.6 is 0 Å². The van der Waals surface area contributed by atoms with Crippen LogP contribution in [-0.2, 0) is 6.42 Å². The van der Waals surface area contributed by atoms with Gasteiger partial charge in [0.25, 0.3) is 5.91 Å². The number of hydrogen-bond acceptors (Lipinski definition) is 4. The summed E-state index contributed by atoms with van der Waals surface area (Å²) in [6.45, 7) is 0.549. The molecule has 2 N–H and O–H groups in total. The van der Waals surface area contributed by atoms with Crippen LogP contribution in [0.15, 0.2) is 78.9 Å². The lowest BCUT2D eigenvalue weighted by Gasteiger charge is -2.26. The Labute approximate surface area is 186 Å². The number of nitrogens with one attached hydrogen (secondary N) is 1. The van der Waals surface area contributed by atoms with Gasteiger partial charge in [-0.15, -0.1) is 0 Å². The quantitative estimate of drug-likeness (QED) is 0.474. The van der Waals surface area contributed by atoms with Crippen LogP contribution in [0.1, 0.15) is 33.2 Å². The van der Waals surface area contributed by atoms with E-state index in [4.69, 9.17) is 4.74 Å². The lowest BCUT2D eigenvalue weighted by molar-refractivity contribution is 0.0746. The maximum atomic E-state index is 13.4. The summed E-state index contributed by atoms with van der Waals surface area (Å²) in [4.78, 5) is 15.3. The summed E-state index contributed by atoms with van der Waals surface area (Å²) in [7, 11) is 1.65. The molecule has 6 heteroatoms. The number of ether oxygens (including phenoxy) is 1. The van der Waals surface area contributed by atoms with Crippen molar-refractivity contribution in [1.82, 2.24) is 15.1 Å². The van der Waals surface area contributed by atoms with E-state index in [1.807, 2.05) is 71.6 Å². The molecule has 3 aromatic carbocycles. The third kappa shape index (κ3) is 3.50. The van der Waals surface area contributed by atoms with Gasteiger partial charge in [-0.05, 0) is 41.8 Å². The number of H-pyrrole nitrogens is 1. The molecule has 2 heterocycles. The predicted molar refractivity (Wildman–Crippen MR) is 122 cm³/mol. The van der Waals surface area contributed by atoms with E-state index in [9.17, 15) is 9.90 Å². The fourth-order valence-electron chi connectivity index (χ4n) is 4.29. The molecule has 0 fully saturated rings. The first kappa shape index (κ1) is 19.9. The number of aromatic nitrogens is 2. The van der Waals surface area contributed by atoms with Crippen molar-refractivity contribution in [2.45, 2.75) is 12.5 Å². The molecule has 4 aromatic rings. The minimum atomic E-state index is -0.287. The summed E-state index contributed by atoms with van der Waals surface area (Å²) in [5, 5.41) is 17.3. The molecule has 0 bridgehead atoms. The number of methoxy groups -OCH3 is 1. The van der Waals surface area contributed by atoms with Crippen LogP contribution in [0, 0.1) is 0 Å². The smallest absolute Gasteiger partial charge is 0.273 e. The minimum Gasteiger partial charge on any atom is -0.508 e. The van der Waals surface area contributed by atoms with Crippen LogP contribution in [0.5, 0.6) is 11.5 Å². The van der Waals surface area contributed by atoms with Crippen LogP contribution < -0.4 is 4.74 Å². The molecule has 0 saturated carbocycles. The SMILES string of the molecule is COc1ccc(CCN2C(=O)c3[nH]nc(-c4ccccc4)c3C2c2ccc(O)cc2)cc1. The van der Waals surface area contributed by atoms with Crippen molar-refractivity contribution in [3.05, 3.63) is 101 Å². The number of carbonyl (C=O) groups is 1. The van der Waals surface area contributed by atoms with Gasteiger partial charge in [-0.25, -0.2) is 0 Å².